The lowest BCUT2D eigenvalue weighted by molar-refractivity contribution is -0.160. The molecular weight excluding hydrogens is 465 g/mol. The highest BCUT2D eigenvalue weighted by molar-refractivity contribution is 5.85. The first kappa shape index (κ1) is 24.8. The van der Waals surface area contributed by atoms with Crippen LogP contribution in [0, 0.1) is 23.7 Å². The second-order valence-electron chi connectivity index (χ2n) is 11.0. The van der Waals surface area contributed by atoms with Crippen LogP contribution in [0.15, 0.2) is 48.5 Å². The molecule has 7 heteroatoms. The average molecular weight is 499 g/mol. The van der Waals surface area contributed by atoms with E-state index in [0.29, 0.717) is 34.7 Å². The van der Waals surface area contributed by atoms with Gasteiger partial charge in [-0.1, -0.05) is 51.5 Å². The van der Waals surface area contributed by atoms with Gasteiger partial charge in [0, 0.05) is 5.56 Å². The molecule has 4 atom stereocenters. The summed E-state index contributed by atoms with van der Waals surface area (Å²) < 4.78 is 47.7. The fourth-order valence-electron chi connectivity index (χ4n) is 5.73. The first-order valence-corrected chi connectivity index (χ1v) is 13.0. The van der Waals surface area contributed by atoms with Crippen molar-refractivity contribution < 1.29 is 22.7 Å². The van der Waals surface area contributed by atoms with Crippen molar-refractivity contribution in [3.8, 4) is 11.4 Å². The molecule has 0 amide bonds. The number of aromatic nitrogens is 2. The molecule has 0 unspecified atom stereocenters. The number of carbonyl (C=O) groups excluding carboxylic acids is 1. The largest absolute Gasteiger partial charge is 0.461 e. The maximum atomic E-state index is 13.9. The molecular formula is C29H33F3N2O2. The molecule has 2 saturated carbocycles. The summed E-state index contributed by atoms with van der Waals surface area (Å²) >= 11 is 0. The predicted octanol–water partition coefficient (Wildman–Crippen LogP) is 7.68. The van der Waals surface area contributed by atoms with Crippen LogP contribution in [0.25, 0.3) is 22.4 Å². The van der Waals surface area contributed by atoms with Crippen LogP contribution < -0.4 is 0 Å². The van der Waals surface area contributed by atoms with Gasteiger partial charge in [-0.2, -0.15) is 13.2 Å². The van der Waals surface area contributed by atoms with E-state index in [9.17, 15) is 18.0 Å². The third kappa shape index (κ3) is 4.89. The maximum absolute atomic E-state index is 13.9. The zero-order valence-electron chi connectivity index (χ0n) is 21.0. The molecule has 0 saturated heterocycles. The normalized spacial score (nSPS) is 23.7. The number of esters is 1. The highest BCUT2D eigenvalue weighted by Gasteiger charge is 2.43. The fourth-order valence-corrected chi connectivity index (χ4v) is 5.73. The monoisotopic (exact) mass is 498 g/mol. The fraction of sp³-hybridized carbons (Fsp3) is 0.517. The van der Waals surface area contributed by atoms with E-state index >= 15 is 0 Å². The molecule has 2 fully saturated rings. The summed E-state index contributed by atoms with van der Waals surface area (Å²) in [6.07, 6.45) is 0.349. The second kappa shape index (κ2) is 9.56. The van der Waals surface area contributed by atoms with Crippen LogP contribution in [-0.2, 0) is 15.7 Å². The zero-order chi connectivity index (χ0) is 25.6. The SMILES string of the molecule is CC(C)[C@@H]1CC[C@@H](C)C[C@H]1OC(=O)[C@@H](C1CC1)n1c(-c2ccc(C(F)(F)F)cc2)nc2ccccc21. The van der Waals surface area contributed by atoms with Crippen LogP contribution >= 0.6 is 0 Å². The molecule has 2 aliphatic carbocycles. The van der Waals surface area contributed by atoms with Gasteiger partial charge in [-0.3, -0.25) is 0 Å². The van der Waals surface area contributed by atoms with Crippen molar-refractivity contribution >= 4 is 17.0 Å². The molecule has 0 radical (unpaired) electrons. The average Bonchev–Trinajstić information content (AvgIpc) is 3.59. The Morgan fingerprint density at radius 1 is 1.03 bits per heavy atom. The van der Waals surface area contributed by atoms with Crippen molar-refractivity contribution in [1.82, 2.24) is 9.55 Å². The van der Waals surface area contributed by atoms with Gasteiger partial charge >= 0.3 is 12.1 Å². The molecule has 192 valence electrons. The minimum absolute atomic E-state index is 0.119. The van der Waals surface area contributed by atoms with E-state index in [0.717, 1.165) is 49.8 Å². The number of halogens is 3. The summed E-state index contributed by atoms with van der Waals surface area (Å²) in [7, 11) is 0. The summed E-state index contributed by atoms with van der Waals surface area (Å²) in [5.41, 5.74) is 1.33. The highest BCUT2D eigenvalue weighted by Crippen LogP contribution is 2.45. The molecule has 0 bridgehead atoms. The number of hydrogen-bond donors (Lipinski definition) is 0. The van der Waals surface area contributed by atoms with Crippen molar-refractivity contribution in [3.63, 3.8) is 0 Å². The first-order chi connectivity index (χ1) is 17.1. The Morgan fingerprint density at radius 3 is 2.36 bits per heavy atom. The van der Waals surface area contributed by atoms with E-state index in [1.54, 1.807) is 0 Å². The van der Waals surface area contributed by atoms with Crippen molar-refractivity contribution in [2.75, 3.05) is 0 Å². The standard InChI is InChI=1S/C29H33F3N2O2/c1-17(2)22-15-8-18(3)16-25(22)36-28(35)26(19-9-10-19)34-24-7-5-4-6-23(24)33-27(34)20-11-13-21(14-12-20)29(30,31)32/h4-7,11-14,17-19,22,25-26H,8-10,15-16H2,1-3H3/t18-,22+,25-,26-/m1/s1. The lowest BCUT2D eigenvalue weighted by Gasteiger charge is -2.37. The topological polar surface area (TPSA) is 44.1 Å². The predicted molar refractivity (Wildman–Crippen MR) is 133 cm³/mol. The van der Waals surface area contributed by atoms with Crippen LogP contribution in [0.1, 0.15) is 64.5 Å². The molecule has 3 aromatic rings. The van der Waals surface area contributed by atoms with E-state index in [1.165, 1.54) is 12.1 Å². The third-order valence-electron chi connectivity index (χ3n) is 7.88. The van der Waals surface area contributed by atoms with Gasteiger partial charge < -0.3 is 9.30 Å². The van der Waals surface area contributed by atoms with Crippen LogP contribution in [0.4, 0.5) is 13.2 Å². The molecule has 2 aliphatic rings. The minimum atomic E-state index is -4.41. The molecule has 2 aromatic carbocycles. The molecule has 4 nitrogen and oxygen atoms in total. The molecule has 1 heterocycles. The minimum Gasteiger partial charge on any atom is -0.461 e. The van der Waals surface area contributed by atoms with Gasteiger partial charge in [0.05, 0.1) is 16.6 Å². The number of imidazole rings is 1. The van der Waals surface area contributed by atoms with Gasteiger partial charge in [-0.15, -0.1) is 0 Å². The molecule has 0 N–H and O–H groups in total. The maximum Gasteiger partial charge on any atom is 0.416 e. The molecule has 0 aliphatic heterocycles. The van der Waals surface area contributed by atoms with Crippen LogP contribution in [-0.4, -0.2) is 21.6 Å². The number of rotatable bonds is 6. The van der Waals surface area contributed by atoms with Crippen molar-refractivity contribution in [1.29, 1.82) is 0 Å². The Labute approximate surface area is 209 Å². The molecule has 0 spiro atoms. The number of alkyl halides is 3. The van der Waals surface area contributed by atoms with Crippen LogP contribution in [0.2, 0.25) is 0 Å². The van der Waals surface area contributed by atoms with Crippen molar-refractivity contribution in [3.05, 3.63) is 54.1 Å². The second-order valence-corrected chi connectivity index (χ2v) is 11.0. The van der Waals surface area contributed by atoms with Gasteiger partial charge in [-0.05, 0) is 73.6 Å². The Kier molecular flexibility index (Phi) is 6.60. The first-order valence-electron chi connectivity index (χ1n) is 13.0. The summed E-state index contributed by atoms with van der Waals surface area (Å²) in [4.78, 5) is 18.6. The van der Waals surface area contributed by atoms with E-state index in [2.05, 4.69) is 20.8 Å². The number of fused-ring (bicyclic) bond motifs is 1. The Balaban J connectivity index is 1.54. The van der Waals surface area contributed by atoms with Crippen molar-refractivity contribution in [2.45, 2.75) is 71.2 Å². The summed E-state index contributed by atoms with van der Waals surface area (Å²) in [6.45, 7) is 6.58. The van der Waals surface area contributed by atoms with Gasteiger partial charge in [0.25, 0.3) is 0 Å². The van der Waals surface area contributed by atoms with Crippen molar-refractivity contribution in [2.24, 2.45) is 23.7 Å². The van der Waals surface area contributed by atoms with Crippen LogP contribution in [0.3, 0.4) is 0 Å². The zero-order valence-corrected chi connectivity index (χ0v) is 21.0. The molecule has 5 rings (SSSR count). The Morgan fingerprint density at radius 2 is 1.72 bits per heavy atom. The lowest BCUT2D eigenvalue weighted by atomic mass is 9.75. The van der Waals surface area contributed by atoms with E-state index in [1.807, 2.05) is 28.8 Å². The number of benzene rings is 2. The van der Waals surface area contributed by atoms with E-state index in [-0.39, 0.29) is 18.0 Å². The van der Waals surface area contributed by atoms with Crippen LogP contribution in [0.5, 0.6) is 0 Å². The number of hydrogen-bond acceptors (Lipinski definition) is 3. The van der Waals surface area contributed by atoms with Gasteiger partial charge in [0.15, 0.2) is 0 Å². The summed E-state index contributed by atoms with van der Waals surface area (Å²) in [5.74, 6) is 1.64. The molecule has 1 aromatic heterocycles. The lowest BCUT2D eigenvalue weighted by Crippen LogP contribution is -2.38. The van der Waals surface area contributed by atoms with E-state index in [4.69, 9.17) is 9.72 Å². The number of ether oxygens (including phenoxy) is 1. The number of para-hydroxylation sites is 2. The van der Waals surface area contributed by atoms with Gasteiger partial charge in [0.1, 0.15) is 18.0 Å². The van der Waals surface area contributed by atoms with Gasteiger partial charge in [0.2, 0.25) is 0 Å². The van der Waals surface area contributed by atoms with E-state index < -0.39 is 17.8 Å². The molecule has 36 heavy (non-hydrogen) atoms. The summed E-state index contributed by atoms with van der Waals surface area (Å²) in [5, 5.41) is 0. The number of carbonyl (C=O) groups is 1. The highest BCUT2D eigenvalue weighted by atomic mass is 19.4. The smallest absolute Gasteiger partial charge is 0.416 e. The third-order valence-corrected chi connectivity index (χ3v) is 7.88. The quantitative estimate of drug-likeness (QED) is 0.328. The van der Waals surface area contributed by atoms with Gasteiger partial charge in [-0.25, -0.2) is 9.78 Å². The Bertz CT molecular complexity index is 1230. The summed E-state index contributed by atoms with van der Waals surface area (Å²) in [6, 6.07) is 12.0. The Hall–Kier alpha value is -2.83. The number of nitrogens with zero attached hydrogens (tertiary/aromatic N) is 2.